The van der Waals surface area contributed by atoms with E-state index in [9.17, 15) is 9.18 Å². The van der Waals surface area contributed by atoms with Gasteiger partial charge < -0.3 is 9.47 Å². The highest BCUT2D eigenvalue weighted by atomic mass is 19.1. The standard InChI is InChI=1S/C13H13FN2O3/c14-9-1-2-12-11(5-9)13(17)16(8-15-12)6-10-7-18-3-4-19-10/h1-2,5,8,10H,3-4,6-7H2/t10-/m1/s1. The Kier molecular flexibility index (Phi) is 3.27. The monoisotopic (exact) mass is 264 g/mol. The van der Waals surface area contributed by atoms with E-state index in [-0.39, 0.29) is 17.0 Å². The molecule has 6 heteroatoms. The number of benzene rings is 1. The van der Waals surface area contributed by atoms with E-state index in [0.717, 1.165) is 0 Å². The number of hydrogen-bond acceptors (Lipinski definition) is 4. The zero-order valence-electron chi connectivity index (χ0n) is 10.2. The molecule has 0 spiro atoms. The molecule has 1 aromatic heterocycles. The first-order valence-corrected chi connectivity index (χ1v) is 6.08. The lowest BCUT2D eigenvalue weighted by atomic mass is 10.2. The van der Waals surface area contributed by atoms with Crippen molar-refractivity contribution in [2.24, 2.45) is 0 Å². The number of ether oxygens (including phenoxy) is 2. The Morgan fingerprint density at radius 1 is 1.42 bits per heavy atom. The molecular formula is C13H13FN2O3. The van der Waals surface area contributed by atoms with Crippen LogP contribution in [0.2, 0.25) is 0 Å². The van der Waals surface area contributed by atoms with Crippen LogP contribution >= 0.6 is 0 Å². The van der Waals surface area contributed by atoms with Crippen LogP contribution in [0.15, 0.2) is 29.3 Å². The predicted molar refractivity (Wildman–Crippen MR) is 66.5 cm³/mol. The number of fused-ring (bicyclic) bond motifs is 1. The average molecular weight is 264 g/mol. The Morgan fingerprint density at radius 2 is 2.32 bits per heavy atom. The summed E-state index contributed by atoms with van der Waals surface area (Å²) in [4.78, 5) is 16.4. The van der Waals surface area contributed by atoms with Crippen molar-refractivity contribution in [3.63, 3.8) is 0 Å². The van der Waals surface area contributed by atoms with Gasteiger partial charge in [-0.2, -0.15) is 0 Å². The van der Waals surface area contributed by atoms with Crippen LogP contribution in [0.1, 0.15) is 0 Å². The maximum absolute atomic E-state index is 13.2. The first kappa shape index (κ1) is 12.3. The van der Waals surface area contributed by atoms with Crippen LogP contribution in [0.3, 0.4) is 0 Å². The number of hydrogen-bond donors (Lipinski definition) is 0. The molecular weight excluding hydrogens is 251 g/mol. The normalized spacial score (nSPS) is 19.7. The van der Waals surface area contributed by atoms with Crippen molar-refractivity contribution >= 4 is 10.9 Å². The molecule has 0 aliphatic carbocycles. The third-order valence-corrected chi connectivity index (χ3v) is 3.07. The second-order valence-electron chi connectivity index (χ2n) is 4.43. The third-order valence-electron chi connectivity index (χ3n) is 3.07. The SMILES string of the molecule is O=c1c2cc(F)ccc2ncn1C[C@@H]1COCCO1. The van der Waals surface area contributed by atoms with Crippen molar-refractivity contribution in [2.45, 2.75) is 12.6 Å². The lowest BCUT2D eigenvalue weighted by molar-refractivity contribution is -0.0939. The number of nitrogens with zero attached hydrogens (tertiary/aromatic N) is 2. The van der Waals surface area contributed by atoms with Gasteiger partial charge in [-0.15, -0.1) is 0 Å². The fraction of sp³-hybridized carbons (Fsp3) is 0.385. The van der Waals surface area contributed by atoms with Crippen LogP contribution in [-0.2, 0) is 16.0 Å². The highest BCUT2D eigenvalue weighted by Gasteiger charge is 2.16. The fourth-order valence-corrected chi connectivity index (χ4v) is 2.12. The molecule has 19 heavy (non-hydrogen) atoms. The zero-order valence-corrected chi connectivity index (χ0v) is 10.2. The largest absolute Gasteiger partial charge is 0.376 e. The summed E-state index contributed by atoms with van der Waals surface area (Å²) < 4.78 is 25.4. The van der Waals surface area contributed by atoms with E-state index in [4.69, 9.17) is 9.47 Å². The van der Waals surface area contributed by atoms with E-state index in [1.165, 1.54) is 29.1 Å². The summed E-state index contributed by atoms with van der Waals surface area (Å²) in [5.74, 6) is -0.443. The number of aromatic nitrogens is 2. The van der Waals surface area contributed by atoms with Gasteiger partial charge in [0.1, 0.15) is 5.82 Å². The van der Waals surface area contributed by atoms with Gasteiger partial charge in [0.2, 0.25) is 0 Å². The number of rotatable bonds is 2. The first-order chi connectivity index (χ1) is 9.24. The number of halogens is 1. The fourth-order valence-electron chi connectivity index (χ4n) is 2.12. The summed E-state index contributed by atoms with van der Waals surface area (Å²) in [5.41, 5.74) is 0.224. The van der Waals surface area contributed by atoms with Gasteiger partial charge in [-0.3, -0.25) is 9.36 Å². The van der Waals surface area contributed by atoms with Crippen molar-refractivity contribution in [2.75, 3.05) is 19.8 Å². The molecule has 1 aliphatic heterocycles. The summed E-state index contributed by atoms with van der Waals surface area (Å²) in [5, 5.41) is 0.277. The summed E-state index contributed by atoms with van der Waals surface area (Å²) in [6.07, 6.45) is 1.29. The van der Waals surface area contributed by atoms with E-state index >= 15 is 0 Å². The van der Waals surface area contributed by atoms with Crippen molar-refractivity contribution in [3.05, 3.63) is 40.7 Å². The van der Waals surface area contributed by atoms with Crippen LogP contribution in [-0.4, -0.2) is 35.5 Å². The summed E-state index contributed by atoms with van der Waals surface area (Å²) in [7, 11) is 0. The topological polar surface area (TPSA) is 53.4 Å². The minimum atomic E-state index is -0.443. The molecule has 1 aliphatic rings. The smallest absolute Gasteiger partial charge is 0.261 e. The van der Waals surface area contributed by atoms with Gasteiger partial charge in [0.05, 0.1) is 49.7 Å². The van der Waals surface area contributed by atoms with Gasteiger partial charge in [0.15, 0.2) is 0 Å². The van der Waals surface area contributed by atoms with Crippen LogP contribution in [0.5, 0.6) is 0 Å². The second-order valence-corrected chi connectivity index (χ2v) is 4.43. The van der Waals surface area contributed by atoms with Gasteiger partial charge >= 0.3 is 0 Å². The highest BCUT2D eigenvalue weighted by molar-refractivity contribution is 5.77. The average Bonchev–Trinajstić information content (AvgIpc) is 2.44. The maximum Gasteiger partial charge on any atom is 0.261 e. The quantitative estimate of drug-likeness (QED) is 0.810. The van der Waals surface area contributed by atoms with Crippen LogP contribution < -0.4 is 5.56 Å². The minimum Gasteiger partial charge on any atom is -0.376 e. The van der Waals surface area contributed by atoms with Gasteiger partial charge in [0, 0.05) is 0 Å². The second kappa shape index (κ2) is 5.07. The van der Waals surface area contributed by atoms with E-state index < -0.39 is 5.82 Å². The van der Waals surface area contributed by atoms with Crippen molar-refractivity contribution in [1.29, 1.82) is 0 Å². The van der Waals surface area contributed by atoms with Gasteiger partial charge in [-0.25, -0.2) is 9.37 Å². The van der Waals surface area contributed by atoms with Crippen LogP contribution in [0.4, 0.5) is 4.39 Å². The molecule has 2 aromatic rings. The summed E-state index contributed by atoms with van der Waals surface area (Å²) >= 11 is 0. The Morgan fingerprint density at radius 3 is 3.11 bits per heavy atom. The molecule has 0 bridgehead atoms. The molecule has 3 rings (SSSR count). The maximum atomic E-state index is 13.2. The lowest BCUT2D eigenvalue weighted by Gasteiger charge is -2.23. The molecule has 1 atom stereocenters. The molecule has 100 valence electrons. The molecule has 0 amide bonds. The molecule has 1 saturated heterocycles. The van der Waals surface area contributed by atoms with Crippen molar-refractivity contribution in [1.82, 2.24) is 9.55 Å². The van der Waals surface area contributed by atoms with E-state index in [1.807, 2.05) is 0 Å². The van der Waals surface area contributed by atoms with Gasteiger partial charge in [0.25, 0.3) is 5.56 Å². The lowest BCUT2D eigenvalue weighted by Crippen LogP contribution is -2.35. The molecule has 1 aromatic carbocycles. The predicted octanol–water partition coefficient (Wildman–Crippen LogP) is 0.951. The van der Waals surface area contributed by atoms with Crippen molar-refractivity contribution in [3.8, 4) is 0 Å². The van der Waals surface area contributed by atoms with Crippen molar-refractivity contribution < 1.29 is 13.9 Å². The summed E-state index contributed by atoms with van der Waals surface area (Å²) in [6, 6.07) is 3.99. The van der Waals surface area contributed by atoms with E-state index in [2.05, 4.69) is 4.98 Å². The van der Waals surface area contributed by atoms with Crippen LogP contribution in [0.25, 0.3) is 10.9 Å². The van der Waals surface area contributed by atoms with E-state index in [0.29, 0.717) is 31.9 Å². The molecule has 0 N–H and O–H groups in total. The minimum absolute atomic E-state index is 0.167. The Hall–Kier alpha value is -1.79. The third kappa shape index (κ3) is 2.50. The van der Waals surface area contributed by atoms with E-state index in [1.54, 1.807) is 0 Å². The zero-order chi connectivity index (χ0) is 13.2. The van der Waals surface area contributed by atoms with Gasteiger partial charge in [-0.05, 0) is 18.2 Å². The highest BCUT2D eigenvalue weighted by Crippen LogP contribution is 2.09. The molecule has 0 unspecified atom stereocenters. The molecule has 2 heterocycles. The molecule has 0 saturated carbocycles. The van der Waals surface area contributed by atoms with Crippen LogP contribution in [0, 0.1) is 5.82 Å². The molecule has 1 fully saturated rings. The Bertz CT molecular complexity index is 650. The van der Waals surface area contributed by atoms with Gasteiger partial charge in [-0.1, -0.05) is 0 Å². The Labute approximate surface area is 108 Å². The Balaban J connectivity index is 1.95. The first-order valence-electron chi connectivity index (χ1n) is 6.08. The summed E-state index contributed by atoms with van der Waals surface area (Å²) in [6.45, 7) is 1.91. The molecule has 5 nitrogen and oxygen atoms in total. The molecule has 0 radical (unpaired) electrons.